The van der Waals surface area contributed by atoms with Gasteiger partial charge in [0, 0.05) is 36.1 Å². The molecule has 0 amide bonds. The Hall–Kier alpha value is -2.69. The molecule has 1 atom stereocenters. The zero-order chi connectivity index (χ0) is 20.8. The lowest BCUT2D eigenvalue weighted by atomic mass is 10.1. The molecule has 0 saturated heterocycles. The number of hydrogen-bond acceptors (Lipinski definition) is 6. The molecule has 1 saturated carbocycles. The Labute approximate surface area is 183 Å². The minimum Gasteiger partial charge on any atom is -0.380 e. The van der Waals surface area contributed by atoms with Gasteiger partial charge in [-0.2, -0.15) is 5.26 Å². The maximum Gasteiger partial charge on any atom is 0.266 e. The summed E-state index contributed by atoms with van der Waals surface area (Å²) < 4.78 is 1.72. The molecule has 3 aromatic rings. The number of nitrogens with one attached hydrogen (secondary N) is 2. The molecule has 1 unspecified atom stereocenters. The van der Waals surface area contributed by atoms with E-state index in [1.165, 1.54) is 12.8 Å². The number of halogens is 1. The normalized spacial score (nSPS) is 18.2. The van der Waals surface area contributed by atoms with Crippen LogP contribution in [0.3, 0.4) is 0 Å². The van der Waals surface area contributed by atoms with Crippen LogP contribution in [-0.4, -0.2) is 21.3 Å². The lowest BCUT2D eigenvalue weighted by molar-refractivity contribution is 0.623. The van der Waals surface area contributed by atoms with Gasteiger partial charge in [0.15, 0.2) is 0 Å². The van der Waals surface area contributed by atoms with E-state index in [9.17, 15) is 10.1 Å². The van der Waals surface area contributed by atoms with E-state index in [1.807, 2.05) is 25.2 Å². The Morgan fingerprint density at radius 2 is 2.17 bits per heavy atom. The summed E-state index contributed by atoms with van der Waals surface area (Å²) in [7, 11) is 1.82. The zero-order valence-electron chi connectivity index (χ0n) is 16.4. The first kappa shape index (κ1) is 19.3. The lowest BCUT2D eigenvalue weighted by Gasteiger charge is -2.20. The number of aromatic nitrogens is 2. The van der Waals surface area contributed by atoms with Gasteiger partial charge in [-0.05, 0) is 49.4 Å². The predicted octanol–water partition coefficient (Wildman–Crippen LogP) is 4.89. The SMILES string of the molecule is Cn1c(=O)c2c(c3cc(Nc4ccnc(Cl)c4C#N)ccc31)NC(C1CC1)CCS2. The van der Waals surface area contributed by atoms with Crippen LogP contribution < -0.4 is 16.2 Å². The van der Waals surface area contributed by atoms with Crippen molar-refractivity contribution in [2.45, 2.75) is 30.2 Å². The number of aryl methyl sites for hydroxylation is 1. The second-order valence-electron chi connectivity index (χ2n) is 7.79. The summed E-state index contributed by atoms with van der Waals surface area (Å²) in [5.41, 5.74) is 3.58. The summed E-state index contributed by atoms with van der Waals surface area (Å²) in [4.78, 5) is 17.8. The van der Waals surface area contributed by atoms with Crippen LogP contribution in [0.5, 0.6) is 0 Å². The molecule has 5 rings (SSSR count). The number of pyridine rings is 2. The molecule has 1 fully saturated rings. The highest BCUT2D eigenvalue weighted by Crippen LogP contribution is 2.42. The molecule has 0 spiro atoms. The van der Waals surface area contributed by atoms with E-state index in [1.54, 1.807) is 28.6 Å². The maximum absolute atomic E-state index is 13.0. The van der Waals surface area contributed by atoms with Gasteiger partial charge in [0.1, 0.15) is 16.8 Å². The Bertz CT molecular complexity index is 1260. The Morgan fingerprint density at radius 3 is 2.93 bits per heavy atom. The van der Waals surface area contributed by atoms with Crippen molar-refractivity contribution < 1.29 is 0 Å². The molecular formula is C22H20ClN5OS. The summed E-state index contributed by atoms with van der Waals surface area (Å²) in [6, 6.07) is 10.1. The van der Waals surface area contributed by atoms with Crippen molar-refractivity contribution in [2.24, 2.45) is 13.0 Å². The predicted molar refractivity (Wildman–Crippen MR) is 122 cm³/mol. The van der Waals surface area contributed by atoms with E-state index >= 15 is 0 Å². The lowest BCUT2D eigenvalue weighted by Crippen LogP contribution is -2.24. The first-order chi connectivity index (χ1) is 14.6. The molecular weight excluding hydrogens is 418 g/mol. The average Bonchev–Trinajstić information content (AvgIpc) is 3.58. The summed E-state index contributed by atoms with van der Waals surface area (Å²) in [6.45, 7) is 0. The van der Waals surface area contributed by atoms with Crippen LogP contribution in [0.4, 0.5) is 17.1 Å². The van der Waals surface area contributed by atoms with E-state index in [0.717, 1.165) is 39.3 Å². The van der Waals surface area contributed by atoms with Crippen molar-refractivity contribution in [3.05, 3.63) is 51.5 Å². The second-order valence-corrected chi connectivity index (χ2v) is 9.25. The van der Waals surface area contributed by atoms with Gasteiger partial charge in [-0.1, -0.05) is 11.6 Å². The molecule has 1 aromatic carbocycles. The largest absolute Gasteiger partial charge is 0.380 e. The van der Waals surface area contributed by atoms with Crippen LogP contribution in [0.15, 0.2) is 40.2 Å². The molecule has 2 aromatic heterocycles. The number of benzene rings is 1. The fourth-order valence-corrected chi connectivity index (χ4v) is 5.42. The third-order valence-corrected chi connectivity index (χ3v) is 7.24. The molecule has 152 valence electrons. The fourth-order valence-electron chi connectivity index (χ4n) is 4.07. The van der Waals surface area contributed by atoms with E-state index in [-0.39, 0.29) is 10.7 Å². The molecule has 6 nitrogen and oxygen atoms in total. The number of nitriles is 1. The van der Waals surface area contributed by atoms with Gasteiger partial charge < -0.3 is 15.2 Å². The van der Waals surface area contributed by atoms with Crippen molar-refractivity contribution >= 4 is 51.3 Å². The van der Waals surface area contributed by atoms with Gasteiger partial charge in [-0.15, -0.1) is 11.8 Å². The number of fused-ring (bicyclic) bond motifs is 3. The van der Waals surface area contributed by atoms with E-state index < -0.39 is 0 Å². The van der Waals surface area contributed by atoms with E-state index in [0.29, 0.717) is 23.2 Å². The first-order valence-corrected chi connectivity index (χ1v) is 11.3. The minimum absolute atomic E-state index is 0.0415. The molecule has 3 heterocycles. The van der Waals surface area contributed by atoms with Gasteiger partial charge in [-0.25, -0.2) is 4.98 Å². The van der Waals surface area contributed by atoms with Crippen LogP contribution in [0.2, 0.25) is 5.15 Å². The monoisotopic (exact) mass is 437 g/mol. The summed E-state index contributed by atoms with van der Waals surface area (Å²) in [6.07, 6.45) is 5.15. The molecule has 0 radical (unpaired) electrons. The summed E-state index contributed by atoms with van der Waals surface area (Å²) >= 11 is 7.72. The number of thioether (sulfide) groups is 1. The number of anilines is 3. The number of hydrogen-bond donors (Lipinski definition) is 2. The van der Waals surface area contributed by atoms with Gasteiger partial charge in [-0.3, -0.25) is 4.79 Å². The van der Waals surface area contributed by atoms with Crippen LogP contribution in [0.25, 0.3) is 10.9 Å². The van der Waals surface area contributed by atoms with Gasteiger partial charge in [0.2, 0.25) is 0 Å². The molecule has 1 aliphatic heterocycles. The van der Waals surface area contributed by atoms with Crippen molar-refractivity contribution in [1.29, 1.82) is 5.26 Å². The topological polar surface area (TPSA) is 82.7 Å². The number of nitrogens with zero attached hydrogens (tertiary/aromatic N) is 3. The van der Waals surface area contributed by atoms with Gasteiger partial charge in [0.05, 0.1) is 21.8 Å². The van der Waals surface area contributed by atoms with E-state index in [2.05, 4.69) is 21.7 Å². The second kappa shape index (κ2) is 7.53. The fraction of sp³-hybridized carbons (Fsp3) is 0.318. The highest BCUT2D eigenvalue weighted by molar-refractivity contribution is 7.99. The molecule has 1 aliphatic carbocycles. The van der Waals surface area contributed by atoms with Crippen molar-refractivity contribution in [3.8, 4) is 6.07 Å². The zero-order valence-corrected chi connectivity index (χ0v) is 18.0. The van der Waals surface area contributed by atoms with Crippen LogP contribution >= 0.6 is 23.4 Å². The summed E-state index contributed by atoms with van der Waals surface area (Å²) in [5.74, 6) is 1.65. The van der Waals surface area contributed by atoms with Crippen LogP contribution in [0.1, 0.15) is 24.8 Å². The third kappa shape index (κ3) is 3.30. The van der Waals surface area contributed by atoms with Crippen molar-refractivity contribution in [1.82, 2.24) is 9.55 Å². The third-order valence-electron chi connectivity index (χ3n) is 5.84. The molecule has 2 aliphatic rings. The maximum atomic E-state index is 13.0. The molecule has 30 heavy (non-hydrogen) atoms. The standard InChI is InChI=1S/C22H20ClN5OS/c1-28-18-5-4-13(26-17-6-8-25-21(23)15(17)11-24)10-14(18)19-20(22(28)29)30-9-7-16(27-19)12-2-3-12/h4-6,8,10,12,16,27H,2-3,7,9H2,1H3,(H,25,26). The number of rotatable bonds is 3. The Kier molecular flexibility index (Phi) is 4.84. The Balaban J connectivity index is 1.64. The molecule has 8 heteroatoms. The van der Waals surface area contributed by atoms with E-state index in [4.69, 9.17) is 11.6 Å². The smallest absolute Gasteiger partial charge is 0.266 e. The molecule has 2 N–H and O–H groups in total. The quantitative estimate of drug-likeness (QED) is 0.568. The van der Waals surface area contributed by atoms with Gasteiger partial charge >= 0.3 is 0 Å². The highest BCUT2D eigenvalue weighted by atomic mass is 35.5. The molecule has 0 bridgehead atoms. The van der Waals surface area contributed by atoms with Crippen molar-refractivity contribution in [3.63, 3.8) is 0 Å². The van der Waals surface area contributed by atoms with Crippen LogP contribution in [0, 0.1) is 17.2 Å². The highest BCUT2D eigenvalue weighted by Gasteiger charge is 2.33. The average molecular weight is 438 g/mol. The van der Waals surface area contributed by atoms with Crippen LogP contribution in [-0.2, 0) is 7.05 Å². The Morgan fingerprint density at radius 1 is 1.33 bits per heavy atom. The van der Waals surface area contributed by atoms with Gasteiger partial charge in [0.25, 0.3) is 5.56 Å². The van der Waals surface area contributed by atoms with Crippen molar-refractivity contribution in [2.75, 3.05) is 16.4 Å². The first-order valence-electron chi connectivity index (χ1n) is 9.94. The summed E-state index contributed by atoms with van der Waals surface area (Å²) in [5, 5.41) is 17.6. The minimum atomic E-state index is 0.0415.